The van der Waals surface area contributed by atoms with E-state index in [-0.39, 0.29) is 17.1 Å². The van der Waals surface area contributed by atoms with Crippen molar-refractivity contribution in [2.45, 2.75) is 19.8 Å². The van der Waals surface area contributed by atoms with Crippen LogP contribution in [-0.2, 0) is 0 Å². The Kier molecular flexibility index (Phi) is 3.37. The maximum Gasteiger partial charge on any atom is 0.200 e. The van der Waals surface area contributed by atoms with Crippen LogP contribution in [0.3, 0.4) is 0 Å². The van der Waals surface area contributed by atoms with Crippen LogP contribution >= 0.6 is 0 Å². The molecule has 0 saturated carbocycles. The Bertz CT molecular complexity index is 910. The van der Waals surface area contributed by atoms with Gasteiger partial charge in [-0.25, -0.2) is 0 Å². The second kappa shape index (κ2) is 5.22. The molecule has 2 aromatic carbocycles. The predicted octanol–water partition coefficient (Wildman–Crippen LogP) is 3.87. The van der Waals surface area contributed by atoms with Crippen molar-refractivity contribution in [3.8, 4) is 16.9 Å². The molecule has 22 heavy (non-hydrogen) atoms. The summed E-state index contributed by atoms with van der Waals surface area (Å²) in [4.78, 5) is 12.9. The van der Waals surface area contributed by atoms with Crippen LogP contribution in [0.15, 0.2) is 51.7 Å². The van der Waals surface area contributed by atoms with Crippen LogP contribution in [0.4, 0.5) is 5.69 Å². The van der Waals surface area contributed by atoms with Gasteiger partial charge in [0.25, 0.3) is 0 Å². The molecule has 0 radical (unpaired) electrons. The summed E-state index contributed by atoms with van der Waals surface area (Å²) in [5, 5.41) is 10.0. The Morgan fingerprint density at radius 1 is 1.14 bits per heavy atom. The molecule has 0 aliphatic heterocycles. The predicted molar refractivity (Wildman–Crippen MR) is 88.1 cm³/mol. The second-order valence-corrected chi connectivity index (χ2v) is 5.63. The topological polar surface area (TPSA) is 76.5 Å². The summed E-state index contributed by atoms with van der Waals surface area (Å²) in [6, 6.07) is 11.7. The largest absolute Gasteiger partial charge is 0.508 e. The lowest BCUT2D eigenvalue weighted by atomic mass is 9.96. The van der Waals surface area contributed by atoms with E-state index < -0.39 is 0 Å². The average Bonchev–Trinajstić information content (AvgIpc) is 2.46. The summed E-state index contributed by atoms with van der Waals surface area (Å²) in [5.74, 6) is 0.687. The van der Waals surface area contributed by atoms with E-state index in [1.54, 1.807) is 18.2 Å². The van der Waals surface area contributed by atoms with E-state index in [0.717, 1.165) is 5.56 Å². The quantitative estimate of drug-likeness (QED) is 0.704. The van der Waals surface area contributed by atoms with Gasteiger partial charge >= 0.3 is 0 Å². The highest BCUT2D eigenvalue weighted by atomic mass is 16.3. The van der Waals surface area contributed by atoms with Crippen molar-refractivity contribution in [3.05, 3.63) is 58.4 Å². The van der Waals surface area contributed by atoms with Crippen LogP contribution in [0.5, 0.6) is 5.75 Å². The lowest BCUT2D eigenvalue weighted by molar-refractivity contribution is 0.470. The molecular weight excluding hydrogens is 278 g/mol. The molecule has 0 unspecified atom stereocenters. The first-order valence-corrected chi connectivity index (χ1v) is 7.13. The Morgan fingerprint density at radius 2 is 1.91 bits per heavy atom. The van der Waals surface area contributed by atoms with E-state index in [1.807, 2.05) is 26.0 Å². The molecule has 3 rings (SSSR count). The third-order valence-corrected chi connectivity index (χ3v) is 3.60. The minimum Gasteiger partial charge on any atom is -0.508 e. The van der Waals surface area contributed by atoms with Crippen LogP contribution in [0.25, 0.3) is 22.1 Å². The van der Waals surface area contributed by atoms with Gasteiger partial charge in [-0.05, 0) is 29.8 Å². The molecule has 3 aromatic rings. The molecule has 0 fully saturated rings. The molecule has 3 N–H and O–H groups in total. The molecule has 1 heterocycles. The third-order valence-electron chi connectivity index (χ3n) is 3.60. The van der Waals surface area contributed by atoms with Crippen molar-refractivity contribution >= 4 is 16.7 Å². The molecule has 0 aliphatic rings. The monoisotopic (exact) mass is 295 g/mol. The summed E-state index contributed by atoms with van der Waals surface area (Å²) in [6.45, 7) is 3.92. The van der Waals surface area contributed by atoms with Crippen LogP contribution in [0.1, 0.15) is 25.5 Å². The number of fused-ring (bicyclic) bond motifs is 1. The molecule has 0 saturated heterocycles. The number of nitrogen functional groups attached to an aromatic ring is 1. The molecule has 4 heteroatoms. The standard InChI is InChI=1S/C18H17NO3/c1-10(2)18-16(11-4-3-5-12(19)8-11)17(21)14-7-6-13(20)9-15(14)22-18/h3-10,20H,19H2,1-2H3. The van der Waals surface area contributed by atoms with E-state index in [9.17, 15) is 9.90 Å². The summed E-state index contributed by atoms with van der Waals surface area (Å²) >= 11 is 0. The number of phenols is 1. The molecular formula is C18H17NO3. The van der Waals surface area contributed by atoms with E-state index in [2.05, 4.69) is 0 Å². The van der Waals surface area contributed by atoms with Gasteiger partial charge in [0.2, 0.25) is 5.43 Å². The Balaban J connectivity index is 2.42. The molecule has 0 atom stereocenters. The summed E-state index contributed by atoms with van der Waals surface area (Å²) in [6.07, 6.45) is 0. The number of benzene rings is 2. The third kappa shape index (κ3) is 2.33. The highest BCUT2D eigenvalue weighted by Gasteiger charge is 2.19. The normalized spacial score (nSPS) is 11.2. The number of rotatable bonds is 2. The maximum atomic E-state index is 12.9. The Morgan fingerprint density at radius 3 is 2.59 bits per heavy atom. The first kappa shape index (κ1) is 14.2. The van der Waals surface area contributed by atoms with E-state index in [1.165, 1.54) is 12.1 Å². The molecule has 1 aromatic heterocycles. The lowest BCUT2D eigenvalue weighted by Crippen LogP contribution is -2.10. The smallest absolute Gasteiger partial charge is 0.200 e. The number of nitrogens with two attached hydrogens (primary N) is 1. The summed E-state index contributed by atoms with van der Waals surface area (Å²) < 4.78 is 5.91. The van der Waals surface area contributed by atoms with Crippen molar-refractivity contribution in [2.24, 2.45) is 0 Å². The van der Waals surface area contributed by atoms with Gasteiger partial charge in [-0.2, -0.15) is 0 Å². The first-order valence-electron chi connectivity index (χ1n) is 7.13. The van der Waals surface area contributed by atoms with Gasteiger partial charge in [0.15, 0.2) is 0 Å². The fourth-order valence-corrected chi connectivity index (χ4v) is 2.57. The molecule has 0 amide bonds. The number of hydrogen-bond acceptors (Lipinski definition) is 4. The number of hydrogen-bond donors (Lipinski definition) is 2. The van der Waals surface area contributed by atoms with Crippen LogP contribution in [0, 0.1) is 0 Å². The van der Waals surface area contributed by atoms with Crippen molar-refractivity contribution in [1.82, 2.24) is 0 Å². The van der Waals surface area contributed by atoms with Gasteiger partial charge in [-0.1, -0.05) is 26.0 Å². The van der Waals surface area contributed by atoms with Crippen LogP contribution in [0.2, 0.25) is 0 Å². The number of anilines is 1. The van der Waals surface area contributed by atoms with Gasteiger partial charge < -0.3 is 15.3 Å². The highest BCUT2D eigenvalue weighted by molar-refractivity contribution is 5.84. The SMILES string of the molecule is CC(C)c1oc2cc(O)ccc2c(=O)c1-c1cccc(N)c1. The second-order valence-electron chi connectivity index (χ2n) is 5.63. The summed E-state index contributed by atoms with van der Waals surface area (Å²) in [5.41, 5.74) is 7.98. The Labute approximate surface area is 127 Å². The van der Waals surface area contributed by atoms with Gasteiger partial charge in [-0.15, -0.1) is 0 Å². The Hall–Kier alpha value is -2.75. The minimum absolute atomic E-state index is 0.0240. The van der Waals surface area contributed by atoms with Crippen LogP contribution in [-0.4, -0.2) is 5.11 Å². The van der Waals surface area contributed by atoms with Crippen molar-refractivity contribution in [2.75, 3.05) is 5.73 Å². The number of aromatic hydroxyl groups is 1. The maximum absolute atomic E-state index is 12.9. The number of phenolic OH excluding ortho intramolecular Hbond substituents is 1. The van der Waals surface area contributed by atoms with E-state index in [4.69, 9.17) is 10.2 Å². The molecule has 0 aliphatic carbocycles. The van der Waals surface area contributed by atoms with E-state index >= 15 is 0 Å². The zero-order chi connectivity index (χ0) is 15.9. The minimum atomic E-state index is -0.115. The van der Waals surface area contributed by atoms with Crippen molar-refractivity contribution in [1.29, 1.82) is 0 Å². The highest BCUT2D eigenvalue weighted by Crippen LogP contribution is 2.31. The molecule has 112 valence electrons. The fraction of sp³-hybridized carbons (Fsp3) is 0.167. The summed E-state index contributed by atoms with van der Waals surface area (Å²) in [7, 11) is 0. The fourth-order valence-electron chi connectivity index (χ4n) is 2.57. The molecule has 4 nitrogen and oxygen atoms in total. The van der Waals surface area contributed by atoms with Gasteiger partial charge in [0.05, 0.1) is 10.9 Å². The van der Waals surface area contributed by atoms with Gasteiger partial charge in [-0.3, -0.25) is 4.79 Å². The average molecular weight is 295 g/mol. The first-order chi connectivity index (χ1) is 10.5. The van der Waals surface area contributed by atoms with Gasteiger partial charge in [0, 0.05) is 17.7 Å². The van der Waals surface area contributed by atoms with Crippen molar-refractivity contribution in [3.63, 3.8) is 0 Å². The van der Waals surface area contributed by atoms with Crippen molar-refractivity contribution < 1.29 is 9.52 Å². The van der Waals surface area contributed by atoms with E-state index in [0.29, 0.717) is 28.0 Å². The zero-order valence-electron chi connectivity index (χ0n) is 12.5. The molecule has 0 spiro atoms. The molecule has 0 bridgehead atoms. The van der Waals surface area contributed by atoms with Crippen LogP contribution < -0.4 is 11.2 Å². The zero-order valence-corrected chi connectivity index (χ0v) is 12.5. The van der Waals surface area contributed by atoms with Gasteiger partial charge in [0.1, 0.15) is 17.1 Å². The lowest BCUT2D eigenvalue weighted by Gasteiger charge is -2.13.